The van der Waals surface area contributed by atoms with E-state index in [4.69, 9.17) is 0 Å². The Bertz CT molecular complexity index is 1240. The molecule has 0 unspecified atom stereocenters. The Morgan fingerprint density at radius 1 is 0.818 bits per heavy atom. The van der Waals surface area contributed by atoms with Crippen LogP contribution in [0.15, 0.2) is 72.4 Å². The van der Waals surface area contributed by atoms with Crippen molar-refractivity contribution in [1.29, 1.82) is 0 Å². The molecule has 0 saturated heterocycles. The van der Waals surface area contributed by atoms with Gasteiger partial charge in [0, 0.05) is 25.5 Å². The molecule has 0 spiro atoms. The van der Waals surface area contributed by atoms with Crippen molar-refractivity contribution in [3.63, 3.8) is 0 Å². The summed E-state index contributed by atoms with van der Waals surface area (Å²) in [6.45, 7) is 6.14. The zero-order chi connectivity index (χ0) is 23.7. The van der Waals surface area contributed by atoms with Crippen LogP contribution in [-0.2, 0) is 16.0 Å². The summed E-state index contributed by atoms with van der Waals surface area (Å²) in [5, 5.41) is 3.24. The Morgan fingerprint density at radius 3 is 2.06 bits per heavy atom. The maximum Gasteiger partial charge on any atom is 0.282 e. The first-order valence-electron chi connectivity index (χ1n) is 11.1. The molecule has 3 aromatic rings. The van der Waals surface area contributed by atoms with Gasteiger partial charge in [-0.1, -0.05) is 37.3 Å². The molecule has 4 rings (SSSR count). The van der Waals surface area contributed by atoms with E-state index in [9.17, 15) is 9.59 Å². The molecule has 0 aromatic heterocycles. The molecule has 168 valence electrons. The molecule has 2 amide bonds. The molecule has 0 radical (unpaired) electrons. The topological polar surface area (TPSA) is 52.7 Å². The van der Waals surface area contributed by atoms with Crippen LogP contribution < -0.4 is 15.1 Å². The Balaban J connectivity index is 1.78. The summed E-state index contributed by atoms with van der Waals surface area (Å²) < 4.78 is 0. The lowest BCUT2D eigenvalue weighted by atomic mass is 9.99. The lowest BCUT2D eigenvalue weighted by molar-refractivity contribution is -0.120. The maximum atomic E-state index is 13.6. The van der Waals surface area contributed by atoms with Crippen LogP contribution in [0.3, 0.4) is 0 Å². The highest BCUT2D eigenvalue weighted by Crippen LogP contribution is 2.35. The number of benzene rings is 3. The summed E-state index contributed by atoms with van der Waals surface area (Å²) >= 11 is 0. The Labute approximate surface area is 195 Å². The third-order valence-electron chi connectivity index (χ3n) is 6.14. The second kappa shape index (κ2) is 8.94. The number of carbonyl (C=O) groups is 2. The van der Waals surface area contributed by atoms with Gasteiger partial charge >= 0.3 is 0 Å². The first kappa shape index (κ1) is 22.3. The summed E-state index contributed by atoms with van der Waals surface area (Å²) in [4.78, 5) is 30.4. The van der Waals surface area contributed by atoms with Crippen molar-refractivity contribution in [2.24, 2.45) is 0 Å². The molecule has 3 aromatic carbocycles. The van der Waals surface area contributed by atoms with E-state index in [-0.39, 0.29) is 11.8 Å². The highest BCUT2D eigenvalue weighted by atomic mass is 16.2. The largest absolute Gasteiger partial charge is 0.378 e. The number of nitrogens with zero attached hydrogens (tertiary/aromatic N) is 2. The van der Waals surface area contributed by atoms with E-state index < -0.39 is 0 Å². The number of nitrogens with one attached hydrogen (secondary N) is 1. The number of amides is 2. The molecule has 1 aliphatic heterocycles. The highest BCUT2D eigenvalue weighted by molar-refractivity contribution is 6.46. The second-order valence-corrected chi connectivity index (χ2v) is 8.58. The minimum atomic E-state index is -0.356. The fourth-order valence-electron chi connectivity index (χ4n) is 3.91. The average molecular weight is 440 g/mol. The van der Waals surface area contributed by atoms with Crippen molar-refractivity contribution in [2.45, 2.75) is 27.2 Å². The zero-order valence-electron chi connectivity index (χ0n) is 19.8. The van der Waals surface area contributed by atoms with Gasteiger partial charge in [0.1, 0.15) is 5.70 Å². The van der Waals surface area contributed by atoms with Gasteiger partial charge in [-0.25, -0.2) is 4.90 Å². The predicted octanol–water partition coefficient (Wildman–Crippen LogP) is 5.33. The molecule has 0 atom stereocenters. The van der Waals surface area contributed by atoms with Crippen molar-refractivity contribution >= 4 is 34.4 Å². The van der Waals surface area contributed by atoms with E-state index in [1.807, 2.05) is 99.6 Å². The van der Waals surface area contributed by atoms with Crippen LogP contribution in [0.25, 0.3) is 5.57 Å². The van der Waals surface area contributed by atoms with E-state index in [2.05, 4.69) is 12.2 Å². The number of hydrogen-bond donors (Lipinski definition) is 1. The third kappa shape index (κ3) is 4.27. The van der Waals surface area contributed by atoms with Crippen molar-refractivity contribution in [3.8, 4) is 0 Å². The minimum absolute atomic E-state index is 0.296. The fraction of sp³-hybridized carbons (Fsp3) is 0.214. The van der Waals surface area contributed by atoms with Gasteiger partial charge in [0.2, 0.25) is 0 Å². The number of anilines is 3. The van der Waals surface area contributed by atoms with E-state index in [0.29, 0.717) is 17.0 Å². The first-order valence-corrected chi connectivity index (χ1v) is 11.1. The zero-order valence-corrected chi connectivity index (χ0v) is 19.8. The molecule has 1 heterocycles. The van der Waals surface area contributed by atoms with Crippen LogP contribution in [0.2, 0.25) is 0 Å². The van der Waals surface area contributed by atoms with Crippen molar-refractivity contribution in [2.75, 3.05) is 29.2 Å². The van der Waals surface area contributed by atoms with Crippen LogP contribution >= 0.6 is 0 Å². The Morgan fingerprint density at radius 2 is 1.48 bits per heavy atom. The number of imide groups is 1. The van der Waals surface area contributed by atoms with Gasteiger partial charge in [-0.3, -0.25) is 9.59 Å². The molecule has 0 saturated carbocycles. The Hall–Kier alpha value is -3.86. The second-order valence-electron chi connectivity index (χ2n) is 8.58. The fourth-order valence-corrected chi connectivity index (χ4v) is 3.91. The molecule has 5 nitrogen and oxygen atoms in total. The molecule has 5 heteroatoms. The van der Waals surface area contributed by atoms with Crippen molar-refractivity contribution in [3.05, 3.63) is 94.7 Å². The first-order chi connectivity index (χ1) is 15.8. The summed E-state index contributed by atoms with van der Waals surface area (Å²) in [5.74, 6) is -0.682. The Kier molecular flexibility index (Phi) is 6.05. The highest BCUT2D eigenvalue weighted by Gasteiger charge is 2.40. The lowest BCUT2D eigenvalue weighted by Gasteiger charge is -2.18. The lowest BCUT2D eigenvalue weighted by Crippen LogP contribution is -2.32. The summed E-state index contributed by atoms with van der Waals surface area (Å²) in [7, 11) is 3.90. The molecular weight excluding hydrogens is 410 g/mol. The summed E-state index contributed by atoms with van der Waals surface area (Å²) in [5.41, 5.74) is 7.15. The van der Waals surface area contributed by atoms with Gasteiger partial charge < -0.3 is 10.2 Å². The summed E-state index contributed by atoms with van der Waals surface area (Å²) in [6, 6.07) is 21.2. The number of aryl methyl sites for hydroxylation is 3. The van der Waals surface area contributed by atoms with E-state index in [1.54, 1.807) is 0 Å². The summed E-state index contributed by atoms with van der Waals surface area (Å²) in [6.07, 6.45) is 0.936. The van der Waals surface area contributed by atoms with Crippen LogP contribution in [-0.4, -0.2) is 25.9 Å². The van der Waals surface area contributed by atoms with Gasteiger partial charge in [0.15, 0.2) is 0 Å². The molecule has 0 bridgehead atoms. The SMILES string of the molecule is CCc1ccc(NC2=C(c3ccc(C)c(C)c3)C(=O)N(c3ccc(N(C)C)cc3)C2=O)cc1. The van der Waals surface area contributed by atoms with Crippen molar-refractivity contribution < 1.29 is 9.59 Å². The molecule has 33 heavy (non-hydrogen) atoms. The van der Waals surface area contributed by atoms with Crippen LogP contribution in [0, 0.1) is 13.8 Å². The van der Waals surface area contributed by atoms with Crippen LogP contribution in [0.4, 0.5) is 17.1 Å². The molecule has 0 fully saturated rings. The van der Waals surface area contributed by atoms with Gasteiger partial charge in [-0.2, -0.15) is 0 Å². The van der Waals surface area contributed by atoms with E-state index >= 15 is 0 Å². The number of hydrogen-bond acceptors (Lipinski definition) is 4. The molecule has 0 aliphatic carbocycles. The molecule has 1 aliphatic rings. The average Bonchev–Trinajstić information content (AvgIpc) is 3.05. The number of rotatable bonds is 6. The number of carbonyl (C=O) groups excluding carboxylic acids is 2. The predicted molar refractivity (Wildman–Crippen MR) is 136 cm³/mol. The quantitative estimate of drug-likeness (QED) is 0.528. The van der Waals surface area contributed by atoms with E-state index in [0.717, 1.165) is 34.5 Å². The monoisotopic (exact) mass is 439 g/mol. The third-order valence-corrected chi connectivity index (χ3v) is 6.14. The molecule has 1 N–H and O–H groups in total. The van der Waals surface area contributed by atoms with Crippen LogP contribution in [0.5, 0.6) is 0 Å². The van der Waals surface area contributed by atoms with Gasteiger partial charge in [-0.05, 0) is 78.9 Å². The van der Waals surface area contributed by atoms with Gasteiger partial charge in [0.25, 0.3) is 11.8 Å². The minimum Gasteiger partial charge on any atom is -0.378 e. The van der Waals surface area contributed by atoms with Gasteiger partial charge in [0.05, 0.1) is 11.3 Å². The van der Waals surface area contributed by atoms with Gasteiger partial charge in [-0.15, -0.1) is 0 Å². The molecular formula is C28H29N3O2. The standard InChI is InChI=1S/C28H29N3O2/c1-6-20-8-11-22(12-9-20)29-26-25(21-10-7-18(2)19(3)17-21)27(32)31(28(26)33)24-15-13-23(14-16-24)30(4)5/h7-17,29H,6H2,1-5H3. The van der Waals surface area contributed by atoms with E-state index in [1.165, 1.54) is 10.5 Å². The normalized spacial score (nSPS) is 13.7. The van der Waals surface area contributed by atoms with Crippen LogP contribution in [0.1, 0.15) is 29.2 Å². The smallest absolute Gasteiger partial charge is 0.282 e. The maximum absolute atomic E-state index is 13.6. The van der Waals surface area contributed by atoms with Crippen molar-refractivity contribution in [1.82, 2.24) is 0 Å².